The fourth-order valence-corrected chi connectivity index (χ4v) is 6.69. The Bertz CT molecular complexity index is 1810. The summed E-state index contributed by atoms with van der Waals surface area (Å²) >= 11 is 0. The van der Waals surface area contributed by atoms with Gasteiger partial charge in [-0.25, -0.2) is 4.79 Å². The third-order valence-corrected chi connectivity index (χ3v) is 10.2. The van der Waals surface area contributed by atoms with Crippen LogP contribution in [0, 0.1) is 0 Å². The molecular weight excluding hydrogens is 949 g/mol. The van der Waals surface area contributed by atoms with Gasteiger partial charge >= 0.3 is 18.0 Å². The van der Waals surface area contributed by atoms with Crippen LogP contribution in [0.3, 0.4) is 0 Å². The van der Waals surface area contributed by atoms with Crippen LogP contribution in [-0.4, -0.2) is 179 Å². The van der Waals surface area contributed by atoms with Crippen molar-refractivity contribution < 1.29 is 76.1 Å². The summed E-state index contributed by atoms with van der Waals surface area (Å²) in [6.45, 7) is 22.0. The van der Waals surface area contributed by atoms with E-state index in [4.69, 9.17) is 57.8 Å². The summed E-state index contributed by atoms with van der Waals surface area (Å²) in [5.74, 6) is -1.05. The van der Waals surface area contributed by atoms with Gasteiger partial charge in [-0.05, 0) is 76.6 Å². The molecule has 3 amide bonds. The largest absolute Gasteiger partial charge is 0.460 e. The predicted octanol–water partition coefficient (Wildman–Crippen LogP) is 4.86. The van der Waals surface area contributed by atoms with Crippen molar-refractivity contribution in [3.05, 3.63) is 59.7 Å². The van der Waals surface area contributed by atoms with Crippen molar-refractivity contribution in [2.24, 2.45) is 5.73 Å². The number of benzene rings is 2. The Morgan fingerprint density at radius 1 is 0.507 bits per heavy atom. The van der Waals surface area contributed by atoms with E-state index in [1.54, 1.807) is 0 Å². The van der Waals surface area contributed by atoms with Gasteiger partial charge in [-0.3, -0.25) is 19.2 Å². The highest BCUT2D eigenvalue weighted by Crippen LogP contribution is 2.44. The van der Waals surface area contributed by atoms with Crippen molar-refractivity contribution in [3.8, 4) is 11.1 Å². The fraction of sp³-hybridized carbons (Fsp3) is 0.679. The maximum atomic E-state index is 12.6. The first kappa shape index (κ1) is 64.3. The van der Waals surface area contributed by atoms with Gasteiger partial charge in [0.1, 0.15) is 23.9 Å². The Morgan fingerprint density at radius 3 is 1.23 bits per heavy atom. The summed E-state index contributed by atoms with van der Waals surface area (Å²) in [5.41, 5.74) is 9.20. The topological polar surface area (TPSA) is 249 Å². The normalized spacial score (nSPS) is 12.9. The van der Waals surface area contributed by atoms with Crippen molar-refractivity contribution in [3.63, 3.8) is 0 Å². The minimum Gasteiger partial charge on any atom is -0.460 e. The molecule has 1 aliphatic carbocycles. The summed E-state index contributed by atoms with van der Waals surface area (Å²) < 4.78 is 59.1. The van der Waals surface area contributed by atoms with Crippen molar-refractivity contribution in [1.29, 1.82) is 0 Å². The zero-order chi connectivity index (χ0) is 53.7. The van der Waals surface area contributed by atoms with E-state index in [0.29, 0.717) is 132 Å². The van der Waals surface area contributed by atoms with Gasteiger partial charge in [-0.15, -0.1) is 0 Å². The van der Waals surface area contributed by atoms with Crippen molar-refractivity contribution in [1.82, 2.24) is 16.0 Å². The number of nitrogens with one attached hydrogen (secondary N) is 3. The number of fused-ring (bicyclic) bond motifs is 3. The SMILES string of the molecule is CC[C@H](N)C(=O)NCCOCCOCCOCCOCCC(=O)OC(C)(C)C.CC[C@H](NC(=O)OCC1c2ccccc2-c2ccccc21)C(=O)NCCOCCOCCOCCOCCC(=O)OC(C)(C)C. The lowest BCUT2D eigenvalue weighted by Gasteiger charge is -2.19. The summed E-state index contributed by atoms with van der Waals surface area (Å²) in [4.78, 5) is 59.6. The molecule has 20 nitrogen and oxygen atoms in total. The Hall–Kier alpha value is -4.77. The van der Waals surface area contributed by atoms with Crippen LogP contribution in [0.15, 0.2) is 48.5 Å². The molecule has 0 fully saturated rings. The molecule has 0 saturated carbocycles. The van der Waals surface area contributed by atoms with E-state index >= 15 is 0 Å². The van der Waals surface area contributed by atoms with Crippen LogP contribution in [0.5, 0.6) is 0 Å². The first-order chi connectivity index (χ1) is 35.0. The number of esters is 2. The standard InChI is InChI=1S/C34H48N2O9.C19H38N2O7/c1-5-30(36-33(39)44-24-29-27-12-8-6-10-25(27)26-11-7-9-13-28(26)29)32(38)35-15-17-41-19-21-43-23-22-42-20-18-40-16-14-31(37)45-34(2,3)4;1-5-16(20)18(23)21-7-9-25-11-13-27-15-14-26-12-10-24-8-6-17(22)28-19(2,3)4/h6-13,29-30H,5,14-24H2,1-4H3,(H,35,38)(H,36,39);16H,5-15,20H2,1-4H3,(H,21,23)/t30-;16-/m00/s1. The fourth-order valence-electron chi connectivity index (χ4n) is 6.69. The number of hydrogen-bond donors (Lipinski definition) is 4. The van der Waals surface area contributed by atoms with Crippen LogP contribution in [-0.2, 0) is 71.3 Å². The van der Waals surface area contributed by atoms with E-state index in [1.807, 2.05) is 79.7 Å². The molecule has 0 saturated heterocycles. The highest BCUT2D eigenvalue weighted by atomic mass is 16.6. The van der Waals surface area contributed by atoms with Gasteiger partial charge in [-0.1, -0.05) is 62.4 Å². The smallest absolute Gasteiger partial charge is 0.407 e. The molecule has 20 heteroatoms. The van der Waals surface area contributed by atoms with Gasteiger partial charge < -0.3 is 73.8 Å². The lowest BCUT2D eigenvalue weighted by atomic mass is 9.98. The molecule has 2 aromatic rings. The van der Waals surface area contributed by atoms with E-state index in [2.05, 4.69) is 40.2 Å². The molecule has 73 heavy (non-hydrogen) atoms. The van der Waals surface area contributed by atoms with E-state index in [0.717, 1.165) is 22.3 Å². The molecule has 0 bridgehead atoms. The van der Waals surface area contributed by atoms with Gasteiger partial charge in [0, 0.05) is 19.0 Å². The van der Waals surface area contributed by atoms with Crippen molar-refractivity contribution in [2.45, 2.75) is 110 Å². The summed E-state index contributed by atoms with van der Waals surface area (Å²) in [7, 11) is 0. The Balaban J connectivity index is 0.000000562. The van der Waals surface area contributed by atoms with Crippen LogP contribution in [0.1, 0.15) is 98.1 Å². The first-order valence-corrected chi connectivity index (χ1v) is 25.4. The average molecular weight is 1040 g/mol. The maximum Gasteiger partial charge on any atom is 0.407 e. The van der Waals surface area contributed by atoms with Gasteiger partial charge in [0.05, 0.1) is 125 Å². The second-order valence-electron chi connectivity index (χ2n) is 18.6. The Labute approximate surface area is 432 Å². The molecule has 414 valence electrons. The van der Waals surface area contributed by atoms with Gasteiger partial charge in [0.2, 0.25) is 11.8 Å². The van der Waals surface area contributed by atoms with Gasteiger partial charge in [-0.2, -0.15) is 0 Å². The minimum atomic E-state index is -0.709. The molecule has 2 atom stereocenters. The molecule has 0 spiro atoms. The summed E-state index contributed by atoms with van der Waals surface area (Å²) in [6, 6.07) is 15.1. The molecule has 1 aliphatic rings. The van der Waals surface area contributed by atoms with E-state index in [-0.39, 0.29) is 49.1 Å². The Morgan fingerprint density at radius 2 is 0.863 bits per heavy atom. The van der Waals surface area contributed by atoms with Crippen LogP contribution < -0.4 is 21.7 Å². The molecule has 2 aromatic carbocycles. The second kappa shape index (κ2) is 37.9. The molecule has 0 heterocycles. The molecule has 0 unspecified atom stereocenters. The second-order valence-corrected chi connectivity index (χ2v) is 18.6. The van der Waals surface area contributed by atoms with Crippen molar-refractivity contribution in [2.75, 3.05) is 125 Å². The van der Waals surface area contributed by atoms with E-state index in [1.165, 1.54) is 0 Å². The molecular formula is C53H86N4O16. The number of alkyl carbamates (subject to hydrolysis) is 1. The number of amides is 3. The zero-order valence-corrected chi connectivity index (χ0v) is 44.7. The zero-order valence-electron chi connectivity index (χ0n) is 44.7. The monoisotopic (exact) mass is 1030 g/mol. The number of ether oxygens (including phenoxy) is 11. The maximum absolute atomic E-state index is 12.6. The molecule has 0 aromatic heterocycles. The molecule has 5 N–H and O–H groups in total. The van der Waals surface area contributed by atoms with Crippen LogP contribution >= 0.6 is 0 Å². The Kier molecular flexibility index (Phi) is 33.4. The number of hydrogen-bond acceptors (Lipinski definition) is 17. The van der Waals surface area contributed by atoms with E-state index < -0.39 is 29.4 Å². The average Bonchev–Trinajstić information content (AvgIpc) is 3.66. The number of rotatable bonds is 37. The molecule has 0 aliphatic heterocycles. The highest BCUT2D eigenvalue weighted by molar-refractivity contribution is 5.85. The van der Waals surface area contributed by atoms with Crippen molar-refractivity contribution >= 4 is 29.8 Å². The van der Waals surface area contributed by atoms with Gasteiger partial charge in [0.25, 0.3) is 0 Å². The third kappa shape index (κ3) is 30.9. The first-order valence-electron chi connectivity index (χ1n) is 25.4. The minimum absolute atomic E-state index is 0.0474. The summed E-state index contributed by atoms with van der Waals surface area (Å²) in [5, 5.41) is 8.16. The molecule has 0 radical (unpaired) electrons. The van der Waals surface area contributed by atoms with Crippen LogP contribution in [0.2, 0.25) is 0 Å². The highest BCUT2D eigenvalue weighted by Gasteiger charge is 2.30. The van der Waals surface area contributed by atoms with Crippen LogP contribution in [0.4, 0.5) is 4.79 Å². The van der Waals surface area contributed by atoms with Crippen LogP contribution in [0.25, 0.3) is 11.1 Å². The quantitative estimate of drug-likeness (QED) is 0.0401. The van der Waals surface area contributed by atoms with E-state index in [9.17, 15) is 24.0 Å². The lowest BCUT2D eigenvalue weighted by Crippen LogP contribution is -2.47. The molecule has 3 rings (SSSR count). The number of carbonyl (C=O) groups is 5. The van der Waals surface area contributed by atoms with Gasteiger partial charge in [0.15, 0.2) is 0 Å². The predicted molar refractivity (Wildman–Crippen MR) is 274 cm³/mol. The lowest BCUT2D eigenvalue weighted by molar-refractivity contribution is -0.157. The number of nitrogens with two attached hydrogens (primary N) is 1. The summed E-state index contributed by atoms with van der Waals surface area (Å²) in [6.07, 6.45) is 0.852. The number of carbonyl (C=O) groups excluding carboxylic acids is 5. The third-order valence-electron chi connectivity index (χ3n) is 10.2.